The molecule has 8 heteroatoms. The van der Waals surface area contributed by atoms with E-state index in [1.54, 1.807) is 6.92 Å². The van der Waals surface area contributed by atoms with Crippen LogP contribution in [0.5, 0.6) is 0 Å². The summed E-state index contributed by atoms with van der Waals surface area (Å²) in [6.45, 7) is 1.64. The first-order valence-electron chi connectivity index (χ1n) is 5.73. The highest BCUT2D eigenvalue weighted by molar-refractivity contribution is 9.10. The van der Waals surface area contributed by atoms with Crippen molar-refractivity contribution in [3.63, 3.8) is 0 Å². The topological polar surface area (TPSA) is 101 Å². The van der Waals surface area contributed by atoms with Crippen LogP contribution in [0.2, 0.25) is 0 Å². The summed E-state index contributed by atoms with van der Waals surface area (Å²) in [6, 6.07) is 2.79. The number of carbonyl (C=O) groups is 2. The molecule has 0 radical (unpaired) electrons. The number of nitro benzene ring substituents is 1. The molecule has 0 saturated carbocycles. The Balaban J connectivity index is 3.17. The van der Waals surface area contributed by atoms with Crippen molar-refractivity contribution in [1.29, 1.82) is 0 Å². The van der Waals surface area contributed by atoms with Crippen molar-refractivity contribution in [3.8, 4) is 0 Å². The Hall–Kier alpha value is -1.96. The zero-order valence-electron chi connectivity index (χ0n) is 10.9. The molecule has 7 nitrogen and oxygen atoms in total. The maximum Gasteiger partial charge on any atom is 0.326 e. The smallest absolute Gasteiger partial charge is 0.326 e. The van der Waals surface area contributed by atoms with Crippen molar-refractivity contribution >= 4 is 33.5 Å². The number of nitrogens with zero attached hydrogens (tertiary/aromatic N) is 2. The number of carboxylic acid groups (broad SMARTS) is 1. The van der Waals surface area contributed by atoms with Gasteiger partial charge in [0, 0.05) is 23.7 Å². The molecule has 0 aromatic heterocycles. The molecule has 0 aliphatic carbocycles. The number of nitro groups is 1. The summed E-state index contributed by atoms with van der Waals surface area (Å²) in [4.78, 5) is 34.5. The summed E-state index contributed by atoms with van der Waals surface area (Å²) in [5.41, 5.74) is -0.172. The summed E-state index contributed by atoms with van der Waals surface area (Å²) >= 11 is 3.14. The van der Waals surface area contributed by atoms with Crippen molar-refractivity contribution in [2.24, 2.45) is 0 Å². The summed E-state index contributed by atoms with van der Waals surface area (Å²) in [6.07, 6.45) is 0.240. The summed E-state index contributed by atoms with van der Waals surface area (Å²) < 4.78 is 0.375. The molecule has 0 bridgehead atoms. The van der Waals surface area contributed by atoms with Crippen LogP contribution in [-0.4, -0.2) is 39.9 Å². The van der Waals surface area contributed by atoms with E-state index in [1.165, 1.54) is 19.2 Å². The zero-order valence-corrected chi connectivity index (χ0v) is 12.5. The highest BCUT2D eigenvalue weighted by atomic mass is 79.9. The minimum atomic E-state index is -1.12. The molecule has 0 aliphatic heterocycles. The summed E-state index contributed by atoms with van der Waals surface area (Å²) in [7, 11) is 1.36. The van der Waals surface area contributed by atoms with Gasteiger partial charge in [0.2, 0.25) is 0 Å². The number of benzene rings is 1. The molecule has 1 atom stereocenters. The third kappa shape index (κ3) is 3.32. The largest absolute Gasteiger partial charge is 0.480 e. The van der Waals surface area contributed by atoms with Gasteiger partial charge in [-0.1, -0.05) is 6.92 Å². The number of rotatable bonds is 5. The average Bonchev–Trinajstić information content (AvgIpc) is 2.38. The van der Waals surface area contributed by atoms with Gasteiger partial charge in [0.05, 0.1) is 10.5 Å². The number of carbonyl (C=O) groups excluding carboxylic acids is 1. The van der Waals surface area contributed by atoms with E-state index < -0.39 is 22.8 Å². The van der Waals surface area contributed by atoms with E-state index in [9.17, 15) is 19.7 Å². The quantitative estimate of drug-likeness (QED) is 0.652. The Morgan fingerprint density at radius 1 is 1.50 bits per heavy atom. The third-order valence-electron chi connectivity index (χ3n) is 2.85. The third-order valence-corrected chi connectivity index (χ3v) is 3.54. The minimum absolute atomic E-state index is 0.0569. The summed E-state index contributed by atoms with van der Waals surface area (Å²) in [5, 5.41) is 19.8. The van der Waals surface area contributed by atoms with E-state index in [0.29, 0.717) is 4.47 Å². The normalized spacial score (nSPS) is 11.8. The van der Waals surface area contributed by atoms with Gasteiger partial charge in [-0.3, -0.25) is 14.9 Å². The highest BCUT2D eigenvalue weighted by Crippen LogP contribution is 2.24. The molecule has 1 unspecified atom stereocenters. The van der Waals surface area contributed by atoms with Crippen LogP contribution < -0.4 is 0 Å². The van der Waals surface area contributed by atoms with Gasteiger partial charge in [-0.15, -0.1) is 0 Å². The van der Waals surface area contributed by atoms with E-state index in [1.807, 2.05) is 0 Å². The first-order chi connectivity index (χ1) is 9.29. The average molecular weight is 345 g/mol. The number of hydrogen-bond acceptors (Lipinski definition) is 4. The second-order valence-electron chi connectivity index (χ2n) is 4.10. The predicted octanol–water partition coefficient (Wildman–Crippen LogP) is 2.29. The molecule has 0 aliphatic rings. The van der Waals surface area contributed by atoms with Crippen molar-refractivity contribution in [2.45, 2.75) is 19.4 Å². The van der Waals surface area contributed by atoms with Crippen LogP contribution in [0, 0.1) is 10.1 Å². The Bertz CT molecular complexity index is 561. The van der Waals surface area contributed by atoms with Crippen molar-refractivity contribution < 1.29 is 19.6 Å². The number of carboxylic acids is 1. The van der Waals surface area contributed by atoms with E-state index in [2.05, 4.69) is 15.9 Å². The molecule has 1 aromatic rings. The van der Waals surface area contributed by atoms with Gasteiger partial charge < -0.3 is 10.0 Å². The SMILES string of the molecule is CCC(C(=O)O)N(C)C(=O)c1cc([N+](=O)[O-])ccc1Br. The molecular formula is C12H13BrN2O5. The van der Waals surface area contributed by atoms with Gasteiger partial charge >= 0.3 is 5.97 Å². The number of hydrogen-bond donors (Lipinski definition) is 1. The number of aliphatic carboxylic acids is 1. The fourth-order valence-electron chi connectivity index (χ4n) is 1.74. The Labute approximate surface area is 123 Å². The van der Waals surface area contributed by atoms with Crippen molar-refractivity contribution in [1.82, 2.24) is 4.90 Å². The molecule has 0 saturated heterocycles. The monoisotopic (exact) mass is 344 g/mol. The molecule has 0 heterocycles. The predicted molar refractivity (Wildman–Crippen MR) is 74.6 cm³/mol. The van der Waals surface area contributed by atoms with E-state index >= 15 is 0 Å². The fourth-order valence-corrected chi connectivity index (χ4v) is 2.15. The van der Waals surface area contributed by atoms with Crippen molar-refractivity contribution in [3.05, 3.63) is 38.3 Å². The maximum absolute atomic E-state index is 12.3. The van der Waals surface area contributed by atoms with Gasteiger partial charge in [0.25, 0.3) is 11.6 Å². The van der Waals surface area contributed by atoms with E-state index in [4.69, 9.17) is 5.11 Å². The lowest BCUT2D eigenvalue weighted by molar-refractivity contribution is -0.384. The minimum Gasteiger partial charge on any atom is -0.480 e. The lowest BCUT2D eigenvalue weighted by atomic mass is 10.1. The fraction of sp³-hybridized carbons (Fsp3) is 0.333. The van der Waals surface area contributed by atoms with Crippen LogP contribution >= 0.6 is 15.9 Å². The van der Waals surface area contributed by atoms with Gasteiger partial charge in [-0.25, -0.2) is 4.79 Å². The van der Waals surface area contributed by atoms with E-state index in [0.717, 1.165) is 11.0 Å². The van der Waals surface area contributed by atoms with Crippen LogP contribution in [-0.2, 0) is 4.79 Å². The molecule has 20 heavy (non-hydrogen) atoms. The van der Waals surface area contributed by atoms with Crippen LogP contribution in [0.3, 0.4) is 0 Å². The highest BCUT2D eigenvalue weighted by Gasteiger charge is 2.27. The standard InChI is InChI=1S/C12H13BrN2O5/c1-3-10(12(17)18)14(2)11(16)8-6-7(15(19)20)4-5-9(8)13/h4-6,10H,3H2,1-2H3,(H,17,18). The Kier molecular flexibility index (Phi) is 5.20. The van der Waals surface area contributed by atoms with E-state index in [-0.39, 0.29) is 17.7 Å². The first kappa shape index (κ1) is 16.1. The van der Waals surface area contributed by atoms with Crippen LogP contribution in [0.15, 0.2) is 22.7 Å². The molecular weight excluding hydrogens is 332 g/mol. The van der Waals surface area contributed by atoms with Gasteiger partial charge in [0.1, 0.15) is 6.04 Å². The zero-order chi connectivity index (χ0) is 15.4. The molecule has 1 N–H and O–H groups in total. The van der Waals surface area contributed by atoms with Gasteiger partial charge in [-0.2, -0.15) is 0 Å². The van der Waals surface area contributed by atoms with Crippen LogP contribution in [0.25, 0.3) is 0 Å². The molecule has 0 spiro atoms. The lowest BCUT2D eigenvalue weighted by Gasteiger charge is -2.24. The van der Waals surface area contributed by atoms with Crippen molar-refractivity contribution in [2.75, 3.05) is 7.05 Å². The van der Waals surface area contributed by atoms with Gasteiger partial charge in [-0.05, 0) is 28.4 Å². The molecule has 0 fully saturated rings. The molecule has 1 rings (SSSR count). The molecule has 108 valence electrons. The Morgan fingerprint density at radius 3 is 2.55 bits per heavy atom. The molecule has 1 amide bonds. The van der Waals surface area contributed by atoms with Gasteiger partial charge in [0.15, 0.2) is 0 Å². The Morgan fingerprint density at radius 2 is 2.10 bits per heavy atom. The maximum atomic E-state index is 12.3. The second kappa shape index (κ2) is 6.47. The number of likely N-dealkylation sites (N-methyl/N-ethyl adjacent to an activating group) is 1. The van der Waals surface area contributed by atoms with Crippen LogP contribution in [0.1, 0.15) is 23.7 Å². The number of amides is 1. The number of non-ortho nitro benzene ring substituents is 1. The second-order valence-corrected chi connectivity index (χ2v) is 4.95. The first-order valence-corrected chi connectivity index (χ1v) is 6.52. The summed E-state index contributed by atoms with van der Waals surface area (Å²) in [5.74, 6) is -1.71. The number of halogens is 1. The van der Waals surface area contributed by atoms with Crippen LogP contribution in [0.4, 0.5) is 5.69 Å². The lowest BCUT2D eigenvalue weighted by Crippen LogP contribution is -2.42. The molecule has 1 aromatic carbocycles.